The molecule has 2 aliphatic rings. The van der Waals surface area contributed by atoms with Crippen molar-refractivity contribution in [3.8, 4) is 0 Å². The van der Waals surface area contributed by atoms with Gasteiger partial charge in [0, 0.05) is 40.2 Å². The number of fused-ring (bicyclic) bond motifs is 1. The van der Waals surface area contributed by atoms with E-state index in [0.717, 1.165) is 49.0 Å². The summed E-state index contributed by atoms with van der Waals surface area (Å²) >= 11 is 0. The third-order valence-corrected chi connectivity index (χ3v) is 5.60. The lowest BCUT2D eigenvalue weighted by molar-refractivity contribution is 0.0698. The number of hydrogen-bond donors (Lipinski definition) is 0. The molecule has 0 atom stereocenters. The number of likely N-dealkylation sites (N-methyl/N-ethyl adjacent to an activating group) is 1. The number of hydrogen-bond acceptors (Lipinski definition) is 8. The molecule has 3 aromatic heterocycles. The molecule has 1 aliphatic heterocycles. The van der Waals surface area contributed by atoms with Crippen LogP contribution in [-0.2, 0) is 0 Å². The van der Waals surface area contributed by atoms with Crippen molar-refractivity contribution in [1.29, 1.82) is 0 Å². The van der Waals surface area contributed by atoms with Crippen LogP contribution in [0.15, 0.2) is 24.3 Å². The van der Waals surface area contributed by atoms with Gasteiger partial charge in [-0.25, -0.2) is 0 Å². The van der Waals surface area contributed by atoms with Gasteiger partial charge in [-0.15, -0.1) is 25.5 Å². The summed E-state index contributed by atoms with van der Waals surface area (Å²) in [5, 5.41) is 21.4. The van der Waals surface area contributed by atoms with Crippen molar-refractivity contribution in [3.05, 3.63) is 35.8 Å². The molecular weight excluding hydrogens is 370 g/mol. The number of carbonyl (C=O) groups excluding carboxylic acids is 1. The predicted octanol–water partition coefficient (Wildman–Crippen LogP) is 0.819. The van der Waals surface area contributed by atoms with Gasteiger partial charge in [-0.05, 0) is 37.1 Å². The van der Waals surface area contributed by atoms with Gasteiger partial charge in [-0.3, -0.25) is 4.79 Å². The number of rotatable bonds is 5. The highest BCUT2D eigenvalue weighted by molar-refractivity contribution is 5.92. The van der Waals surface area contributed by atoms with Crippen LogP contribution in [0.4, 0.5) is 11.6 Å². The van der Waals surface area contributed by atoms with Crippen molar-refractivity contribution in [2.24, 2.45) is 0 Å². The molecule has 1 saturated heterocycles. The van der Waals surface area contributed by atoms with Gasteiger partial charge in [-0.1, -0.05) is 0 Å². The second-order valence-electron chi connectivity index (χ2n) is 7.94. The molecule has 0 unspecified atom stereocenters. The molecular formula is C19H23N9O. The van der Waals surface area contributed by atoms with Crippen LogP contribution in [0, 0.1) is 0 Å². The topological polar surface area (TPSA) is 95.7 Å². The van der Waals surface area contributed by atoms with E-state index >= 15 is 0 Å². The largest absolute Gasteiger partial charge is 0.361 e. The third-order valence-electron chi connectivity index (χ3n) is 5.60. The molecule has 0 spiro atoms. The molecule has 1 saturated carbocycles. The Bertz CT molecular complexity index is 1050. The SMILES string of the molecule is CN(C)c1ccc(C(=O)N(C)C2CN(c3ccc4nnc(C5CC5)n4n3)C2)nn1. The Balaban J connectivity index is 1.26. The van der Waals surface area contributed by atoms with E-state index in [4.69, 9.17) is 5.10 Å². The van der Waals surface area contributed by atoms with Crippen LogP contribution in [0.25, 0.3) is 5.65 Å². The van der Waals surface area contributed by atoms with Crippen molar-refractivity contribution in [3.63, 3.8) is 0 Å². The van der Waals surface area contributed by atoms with E-state index in [-0.39, 0.29) is 11.9 Å². The van der Waals surface area contributed by atoms with E-state index < -0.39 is 0 Å². The second-order valence-corrected chi connectivity index (χ2v) is 7.94. The van der Waals surface area contributed by atoms with Gasteiger partial charge in [0.25, 0.3) is 5.91 Å². The third kappa shape index (κ3) is 3.14. The number of anilines is 2. The lowest BCUT2D eigenvalue weighted by atomic mass is 10.1. The van der Waals surface area contributed by atoms with Crippen LogP contribution in [0.5, 0.6) is 0 Å². The van der Waals surface area contributed by atoms with Crippen molar-refractivity contribution < 1.29 is 4.79 Å². The quantitative estimate of drug-likeness (QED) is 0.629. The highest BCUT2D eigenvalue weighted by Crippen LogP contribution is 2.38. The lowest BCUT2D eigenvalue weighted by Gasteiger charge is -2.44. The van der Waals surface area contributed by atoms with Crippen LogP contribution in [-0.4, -0.2) is 81.1 Å². The van der Waals surface area contributed by atoms with Gasteiger partial charge in [0.1, 0.15) is 5.82 Å². The van der Waals surface area contributed by atoms with Gasteiger partial charge in [0.2, 0.25) is 0 Å². The molecule has 1 aliphatic carbocycles. The highest BCUT2D eigenvalue weighted by Gasteiger charge is 2.35. The average Bonchev–Trinajstić information content (AvgIpc) is 3.45. The molecule has 29 heavy (non-hydrogen) atoms. The average molecular weight is 393 g/mol. The molecule has 10 heteroatoms. The van der Waals surface area contributed by atoms with Gasteiger partial charge < -0.3 is 14.7 Å². The Morgan fingerprint density at radius 1 is 1.00 bits per heavy atom. The van der Waals surface area contributed by atoms with Gasteiger partial charge in [0.05, 0.1) is 6.04 Å². The summed E-state index contributed by atoms with van der Waals surface area (Å²) in [4.78, 5) is 18.5. The molecule has 0 bridgehead atoms. The minimum Gasteiger partial charge on any atom is -0.361 e. The molecule has 2 fully saturated rings. The maximum absolute atomic E-state index is 12.7. The van der Waals surface area contributed by atoms with Crippen molar-refractivity contribution in [2.45, 2.75) is 24.8 Å². The zero-order chi connectivity index (χ0) is 20.1. The van der Waals surface area contributed by atoms with Crippen LogP contribution in [0.1, 0.15) is 35.1 Å². The first-order valence-electron chi connectivity index (χ1n) is 9.77. The minimum atomic E-state index is -0.120. The number of aromatic nitrogens is 6. The zero-order valence-corrected chi connectivity index (χ0v) is 16.7. The van der Waals surface area contributed by atoms with Crippen molar-refractivity contribution in [1.82, 2.24) is 34.9 Å². The number of amides is 1. The lowest BCUT2D eigenvalue weighted by Crippen LogP contribution is -2.60. The first kappa shape index (κ1) is 17.8. The predicted molar refractivity (Wildman–Crippen MR) is 107 cm³/mol. The number of nitrogens with zero attached hydrogens (tertiary/aromatic N) is 9. The van der Waals surface area contributed by atoms with E-state index in [1.807, 2.05) is 42.7 Å². The molecule has 0 radical (unpaired) electrons. The molecule has 0 aromatic carbocycles. The van der Waals surface area contributed by atoms with E-state index in [9.17, 15) is 4.79 Å². The highest BCUT2D eigenvalue weighted by atomic mass is 16.2. The summed E-state index contributed by atoms with van der Waals surface area (Å²) in [6, 6.07) is 7.55. The summed E-state index contributed by atoms with van der Waals surface area (Å²) in [5.41, 5.74) is 1.13. The standard InChI is InChI=1S/C19H23N9O/c1-25(2)15-7-6-14(20-21-15)19(29)26(3)13-10-27(11-13)17-9-8-16-22-23-18(12-4-5-12)28(16)24-17/h6-9,12-13H,4-5,10-11H2,1-3H3. The molecule has 4 heterocycles. The Labute approximate surface area is 168 Å². The molecule has 3 aromatic rings. The summed E-state index contributed by atoms with van der Waals surface area (Å²) in [5.74, 6) is 2.92. The minimum absolute atomic E-state index is 0.110. The van der Waals surface area contributed by atoms with E-state index in [1.165, 1.54) is 0 Å². The Morgan fingerprint density at radius 3 is 2.45 bits per heavy atom. The fourth-order valence-electron chi connectivity index (χ4n) is 3.47. The van der Waals surface area contributed by atoms with E-state index in [1.54, 1.807) is 17.0 Å². The molecule has 150 valence electrons. The van der Waals surface area contributed by atoms with Gasteiger partial charge in [0.15, 0.2) is 23.0 Å². The number of carbonyl (C=O) groups is 1. The Morgan fingerprint density at radius 2 is 1.79 bits per heavy atom. The first-order valence-corrected chi connectivity index (χ1v) is 9.77. The maximum Gasteiger partial charge on any atom is 0.274 e. The smallest absolute Gasteiger partial charge is 0.274 e. The summed E-state index contributed by atoms with van der Waals surface area (Å²) in [6.45, 7) is 1.45. The van der Waals surface area contributed by atoms with Crippen LogP contribution >= 0.6 is 0 Å². The monoisotopic (exact) mass is 393 g/mol. The zero-order valence-electron chi connectivity index (χ0n) is 16.7. The molecule has 0 N–H and O–H groups in total. The molecule has 1 amide bonds. The summed E-state index contributed by atoms with van der Waals surface area (Å²) in [6.07, 6.45) is 2.31. The first-order chi connectivity index (χ1) is 14.0. The van der Waals surface area contributed by atoms with E-state index in [2.05, 4.69) is 25.3 Å². The van der Waals surface area contributed by atoms with Crippen molar-refractivity contribution >= 4 is 23.2 Å². The van der Waals surface area contributed by atoms with Gasteiger partial charge >= 0.3 is 0 Å². The fraction of sp³-hybridized carbons (Fsp3) is 0.474. The summed E-state index contributed by atoms with van der Waals surface area (Å²) < 4.78 is 1.86. The molecule has 10 nitrogen and oxygen atoms in total. The Hall–Kier alpha value is -3.30. The van der Waals surface area contributed by atoms with Crippen LogP contribution in [0.2, 0.25) is 0 Å². The Kier molecular flexibility index (Phi) is 4.07. The van der Waals surface area contributed by atoms with Gasteiger partial charge in [-0.2, -0.15) is 4.52 Å². The normalized spacial score (nSPS) is 16.7. The van der Waals surface area contributed by atoms with Crippen molar-refractivity contribution in [2.75, 3.05) is 44.0 Å². The second kappa shape index (κ2) is 6.64. The summed E-state index contributed by atoms with van der Waals surface area (Å²) in [7, 11) is 5.59. The van der Waals surface area contributed by atoms with E-state index in [0.29, 0.717) is 11.6 Å². The molecule has 5 rings (SSSR count). The maximum atomic E-state index is 12.7. The fourth-order valence-corrected chi connectivity index (χ4v) is 3.47. The van der Waals surface area contributed by atoms with Crippen LogP contribution in [0.3, 0.4) is 0 Å². The van der Waals surface area contributed by atoms with Crippen LogP contribution < -0.4 is 9.80 Å².